The molecule has 19 heavy (non-hydrogen) atoms. The Labute approximate surface area is 110 Å². The van der Waals surface area contributed by atoms with Crippen LogP contribution in [-0.2, 0) is 0 Å². The number of H-pyrrole nitrogens is 1. The maximum absolute atomic E-state index is 9.26. The molecule has 0 radical (unpaired) electrons. The molecule has 0 atom stereocenters. The normalized spacial score (nSPS) is 11.4. The first-order valence-corrected chi connectivity index (χ1v) is 5.85. The highest BCUT2D eigenvalue weighted by atomic mass is 14.9. The lowest BCUT2D eigenvalue weighted by atomic mass is 10.2. The summed E-state index contributed by atoms with van der Waals surface area (Å²) in [5.74, 6) is 0.564. The van der Waals surface area contributed by atoms with E-state index in [0.29, 0.717) is 11.4 Å². The van der Waals surface area contributed by atoms with Crippen LogP contribution in [0.1, 0.15) is 11.5 Å². The van der Waals surface area contributed by atoms with E-state index in [9.17, 15) is 5.26 Å². The number of benzene rings is 1. The molecule has 0 spiro atoms. The first-order chi connectivity index (χ1) is 9.36. The molecule has 3 aromatic rings. The highest BCUT2D eigenvalue weighted by Crippen LogP contribution is 2.18. The van der Waals surface area contributed by atoms with Crippen molar-refractivity contribution in [1.82, 2.24) is 15.0 Å². The van der Waals surface area contributed by atoms with Gasteiger partial charge in [0.25, 0.3) is 0 Å². The fourth-order valence-electron chi connectivity index (χ4n) is 1.84. The third kappa shape index (κ3) is 2.22. The van der Waals surface area contributed by atoms with E-state index in [4.69, 9.17) is 0 Å². The number of nitrogens with one attached hydrogen (secondary N) is 1. The Morgan fingerprint density at radius 3 is 2.74 bits per heavy atom. The first kappa shape index (κ1) is 11.2. The lowest BCUT2D eigenvalue weighted by Gasteiger charge is -1.94. The van der Waals surface area contributed by atoms with Crippen LogP contribution < -0.4 is 0 Å². The van der Waals surface area contributed by atoms with Gasteiger partial charge in [0.15, 0.2) is 0 Å². The second-order valence-corrected chi connectivity index (χ2v) is 4.03. The molecule has 2 heterocycles. The standard InChI is InChI=1S/C15H10N4/c16-10-11(9-12-5-3-4-8-17-12)15-18-13-6-1-2-7-14(13)19-15/h1-9H,(H,18,19)/b11-9-. The number of hydrogen-bond acceptors (Lipinski definition) is 3. The first-order valence-electron chi connectivity index (χ1n) is 5.85. The number of pyridine rings is 1. The van der Waals surface area contributed by atoms with Crippen molar-refractivity contribution in [2.75, 3.05) is 0 Å². The number of aromatic amines is 1. The fourth-order valence-corrected chi connectivity index (χ4v) is 1.84. The summed E-state index contributed by atoms with van der Waals surface area (Å²) < 4.78 is 0. The topological polar surface area (TPSA) is 65.4 Å². The Bertz CT molecular complexity index is 746. The van der Waals surface area contributed by atoms with Crippen molar-refractivity contribution in [1.29, 1.82) is 5.26 Å². The van der Waals surface area contributed by atoms with Crippen LogP contribution in [0.4, 0.5) is 0 Å². The Hall–Kier alpha value is -2.93. The van der Waals surface area contributed by atoms with Crippen LogP contribution in [0.3, 0.4) is 0 Å². The number of nitrogens with zero attached hydrogens (tertiary/aromatic N) is 3. The zero-order valence-electron chi connectivity index (χ0n) is 10.0. The second-order valence-electron chi connectivity index (χ2n) is 4.03. The lowest BCUT2D eigenvalue weighted by Crippen LogP contribution is -1.86. The molecule has 0 aliphatic rings. The molecule has 0 unspecified atom stereocenters. The largest absolute Gasteiger partial charge is 0.337 e. The third-order valence-corrected chi connectivity index (χ3v) is 2.74. The van der Waals surface area contributed by atoms with Gasteiger partial charge in [0.2, 0.25) is 0 Å². The minimum absolute atomic E-state index is 0.467. The highest BCUT2D eigenvalue weighted by Gasteiger charge is 2.07. The minimum Gasteiger partial charge on any atom is -0.337 e. The van der Waals surface area contributed by atoms with Crippen LogP contribution in [0.15, 0.2) is 48.7 Å². The van der Waals surface area contributed by atoms with Gasteiger partial charge >= 0.3 is 0 Å². The molecule has 1 N–H and O–H groups in total. The van der Waals surface area contributed by atoms with Gasteiger partial charge in [0.05, 0.1) is 22.3 Å². The van der Waals surface area contributed by atoms with E-state index in [2.05, 4.69) is 21.0 Å². The van der Waals surface area contributed by atoms with Gasteiger partial charge in [0, 0.05) is 6.20 Å². The van der Waals surface area contributed by atoms with Crippen molar-refractivity contribution in [3.63, 3.8) is 0 Å². The van der Waals surface area contributed by atoms with Crippen molar-refractivity contribution < 1.29 is 0 Å². The predicted octanol–water partition coefficient (Wildman–Crippen LogP) is 3.02. The number of imidazole rings is 1. The summed E-state index contributed by atoms with van der Waals surface area (Å²) in [6, 6.07) is 15.4. The van der Waals surface area contributed by atoms with Crippen LogP contribution in [0.5, 0.6) is 0 Å². The molecule has 0 fully saturated rings. The van der Waals surface area contributed by atoms with Gasteiger partial charge in [-0.05, 0) is 30.3 Å². The van der Waals surface area contributed by atoms with Gasteiger partial charge in [-0.1, -0.05) is 18.2 Å². The summed E-state index contributed by atoms with van der Waals surface area (Å²) in [5, 5.41) is 9.26. The Balaban J connectivity index is 2.08. The Morgan fingerprint density at radius 1 is 1.16 bits per heavy atom. The van der Waals surface area contributed by atoms with Crippen molar-refractivity contribution in [3.8, 4) is 6.07 Å². The Morgan fingerprint density at radius 2 is 2.00 bits per heavy atom. The van der Waals surface area contributed by atoms with E-state index in [1.807, 2.05) is 42.5 Å². The molecule has 4 heteroatoms. The minimum atomic E-state index is 0.467. The quantitative estimate of drug-likeness (QED) is 0.707. The molecule has 90 valence electrons. The van der Waals surface area contributed by atoms with Crippen LogP contribution >= 0.6 is 0 Å². The molecule has 2 aromatic heterocycles. The number of para-hydroxylation sites is 2. The molecular formula is C15H10N4. The molecule has 1 aromatic carbocycles. The average molecular weight is 246 g/mol. The van der Waals surface area contributed by atoms with Crippen molar-refractivity contribution in [2.45, 2.75) is 0 Å². The molecule has 0 bridgehead atoms. The average Bonchev–Trinajstić information content (AvgIpc) is 2.89. The van der Waals surface area contributed by atoms with E-state index in [0.717, 1.165) is 16.7 Å². The zero-order chi connectivity index (χ0) is 13.1. The third-order valence-electron chi connectivity index (χ3n) is 2.74. The molecule has 0 saturated heterocycles. The van der Waals surface area contributed by atoms with E-state index in [-0.39, 0.29) is 0 Å². The monoisotopic (exact) mass is 246 g/mol. The fraction of sp³-hybridized carbons (Fsp3) is 0. The van der Waals surface area contributed by atoms with E-state index >= 15 is 0 Å². The van der Waals surface area contributed by atoms with E-state index in [1.165, 1.54) is 0 Å². The number of nitriles is 1. The van der Waals surface area contributed by atoms with Crippen LogP contribution in [0.25, 0.3) is 22.7 Å². The number of hydrogen-bond donors (Lipinski definition) is 1. The zero-order valence-corrected chi connectivity index (χ0v) is 10.0. The van der Waals surface area contributed by atoms with Gasteiger partial charge < -0.3 is 4.98 Å². The van der Waals surface area contributed by atoms with Crippen molar-refractivity contribution in [3.05, 3.63) is 60.2 Å². The molecule has 4 nitrogen and oxygen atoms in total. The maximum atomic E-state index is 9.26. The SMILES string of the molecule is N#C/C(=C/c1ccccn1)c1nc2ccccc2[nH]1. The predicted molar refractivity (Wildman–Crippen MR) is 73.8 cm³/mol. The number of allylic oxidation sites excluding steroid dienone is 1. The van der Waals surface area contributed by atoms with E-state index in [1.54, 1.807) is 12.3 Å². The smallest absolute Gasteiger partial charge is 0.149 e. The maximum Gasteiger partial charge on any atom is 0.149 e. The molecular weight excluding hydrogens is 236 g/mol. The molecule has 0 saturated carbocycles. The summed E-state index contributed by atoms with van der Waals surface area (Å²) in [6.07, 6.45) is 3.41. The number of fused-ring (bicyclic) bond motifs is 1. The van der Waals surface area contributed by atoms with Gasteiger partial charge in [-0.3, -0.25) is 4.98 Å². The number of rotatable bonds is 2. The molecule has 0 aliphatic heterocycles. The molecule has 0 amide bonds. The summed E-state index contributed by atoms with van der Waals surface area (Å²) >= 11 is 0. The lowest BCUT2D eigenvalue weighted by molar-refractivity contribution is 1.26. The van der Waals surface area contributed by atoms with Gasteiger partial charge in [-0.2, -0.15) is 5.26 Å². The van der Waals surface area contributed by atoms with Crippen LogP contribution in [0, 0.1) is 11.3 Å². The highest BCUT2D eigenvalue weighted by molar-refractivity contribution is 5.89. The summed E-state index contributed by atoms with van der Waals surface area (Å²) in [4.78, 5) is 11.7. The second kappa shape index (κ2) is 4.75. The summed E-state index contributed by atoms with van der Waals surface area (Å²) in [5.41, 5.74) is 2.97. The van der Waals surface area contributed by atoms with Gasteiger partial charge in [-0.25, -0.2) is 4.98 Å². The number of aromatic nitrogens is 3. The van der Waals surface area contributed by atoms with Crippen LogP contribution in [-0.4, -0.2) is 15.0 Å². The van der Waals surface area contributed by atoms with Gasteiger partial charge in [-0.15, -0.1) is 0 Å². The molecule has 3 rings (SSSR count). The molecule has 0 aliphatic carbocycles. The van der Waals surface area contributed by atoms with Crippen LogP contribution in [0.2, 0.25) is 0 Å². The van der Waals surface area contributed by atoms with Gasteiger partial charge in [0.1, 0.15) is 11.9 Å². The van der Waals surface area contributed by atoms with E-state index < -0.39 is 0 Å². The summed E-state index contributed by atoms with van der Waals surface area (Å²) in [6.45, 7) is 0. The summed E-state index contributed by atoms with van der Waals surface area (Å²) in [7, 11) is 0. The van der Waals surface area contributed by atoms with Crippen molar-refractivity contribution in [2.24, 2.45) is 0 Å². The Kier molecular flexibility index (Phi) is 2.79. The van der Waals surface area contributed by atoms with Crippen molar-refractivity contribution >= 4 is 22.7 Å².